The second-order valence-corrected chi connectivity index (χ2v) is 7.69. The Bertz CT molecular complexity index is 843. The molecule has 2 heterocycles. The molecule has 1 amide bonds. The van der Waals surface area contributed by atoms with Gasteiger partial charge < -0.3 is 15.1 Å². The van der Waals surface area contributed by atoms with E-state index in [-0.39, 0.29) is 5.91 Å². The Morgan fingerprint density at radius 3 is 2.62 bits per heavy atom. The first-order valence-corrected chi connectivity index (χ1v) is 10.6. The summed E-state index contributed by atoms with van der Waals surface area (Å²) in [5, 5.41) is 3.35. The number of allylic oxidation sites excluding steroid dienone is 1. The van der Waals surface area contributed by atoms with Gasteiger partial charge in [-0.15, -0.1) is 0 Å². The van der Waals surface area contributed by atoms with Crippen LogP contribution in [0.2, 0.25) is 0 Å². The molecule has 0 unspecified atom stereocenters. The molecule has 0 atom stereocenters. The number of anilines is 2. The Morgan fingerprint density at radius 1 is 1.03 bits per heavy atom. The molecule has 0 saturated carbocycles. The van der Waals surface area contributed by atoms with Crippen LogP contribution in [0.15, 0.2) is 54.4 Å². The molecule has 0 spiro atoms. The maximum atomic E-state index is 12.9. The third-order valence-electron chi connectivity index (χ3n) is 5.71. The van der Waals surface area contributed by atoms with E-state index in [4.69, 9.17) is 0 Å². The van der Waals surface area contributed by atoms with Crippen LogP contribution in [0.1, 0.15) is 42.6 Å². The van der Waals surface area contributed by atoms with E-state index in [0.29, 0.717) is 18.8 Å². The van der Waals surface area contributed by atoms with E-state index in [1.807, 2.05) is 23.1 Å². The molecule has 1 fully saturated rings. The van der Waals surface area contributed by atoms with Crippen molar-refractivity contribution in [3.8, 4) is 0 Å². The Labute approximate surface area is 172 Å². The third-order valence-corrected chi connectivity index (χ3v) is 5.71. The fourth-order valence-electron chi connectivity index (χ4n) is 4.02. The molecule has 1 N–H and O–H groups in total. The summed E-state index contributed by atoms with van der Waals surface area (Å²) >= 11 is 0. The van der Waals surface area contributed by atoms with Crippen molar-refractivity contribution in [2.45, 2.75) is 32.1 Å². The highest BCUT2D eigenvalue weighted by atomic mass is 16.2. The second-order valence-electron chi connectivity index (χ2n) is 7.69. The molecule has 1 aliphatic heterocycles. The van der Waals surface area contributed by atoms with Crippen LogP contribution in [0.5, 0.6) is 0 Å². The summed E-state index contributed by atoms with van der Waals surface area (Å²) in [7, 11) is 0. The standard InChI is InChI=1S/C23H29N5O/c29-23(28-15-13-27(14-16-28)20-9-5-2-6-10-20)21-17-22(26-18-25-21)24-12-11-19-7-3-1-4-8-19/h2,5-7,9-10,17-18H,1,3-4,8,11-16H2,(H,24,25,26). The zero-order valence-corrected chi connectivity index (χ0v) is 16.9. The number of hydrogen-bond donors (Lipinski definition) is 1. The molecule has 6 nitrogen and oxygen atoms in total. The summed E-state index contributed by atoms with van der Waals surface area (Å²) in [6.07, 6.45) is 9.92. The van der Waals surface area contributed by atoms with Crippen LogP contribution in [-0.4, -0.2) is 53.5 Å². The summed E-state index contributed by atoms with van der Waals surface area (Å²) < 4.78 is 0. The molecule has 1 aromatic carbocycles. The molecule has 6 heteroatoms. The lowest BCUT2D eigenvalue weighted by atomic mass is 9.97. The maximum Gasteiger partial charge on any atom is 0.272 e. The smallest absolute Gasteiger partial charge is 0.272 e. The Morgan fingerprint density at radius 2 is 1.86 bits per heavy atom. The van der Waals surface area contributed by atoms with Crippen molar-refractivity contribution in [3.63, 3.8) is 0 Å². The van der Waals surface area contributed by atoms with E-state index < -0.39 is 0 Å². The average Bonchev–Trinajstić information content (AvgIpc) is 2.80. The Kier molecular flexibility index (Phi) is 6.39. The molecule has 1 aliphatic carbocycles. The van der Waals surface area contributed by atoms with Gasteiger partial charge in [0.05, 0.1) is 0 Å². The molecule has 2 aliphatic rings. The number of nitrogens with zero attached hydrogens (tertiary/aromatic N) is 4. The van der Waals surface area contributed by atoms with E-state index in [2.05, 4.69) is 38.4 Å². The predicted molar refractivity (Wildman–Crippen MR) is 116 cm³/mol. The molecule has 1 saturated heterocycles. The van der Waals surface area contributed by atoms with Crippen LogP contribution in [0, 0.1) is 0 Å². The summed E-state index contributed by atoms with van der Waals surface area (Å²) in [5.41, 5.74) is 3.21. The minimum absolute atomic E-state index is 0.0156. The van der Waals surface area contributed by atoms with Crippen molar-refractivity contribution < 1.29 is 4.79 Å². The van der Waals surface area contributed by atoms with Gasteiger partial charge in [-0.3, -0.25) is 4.79 Å². The van der Waals surface area contributed by atoms with Gasteiger partial charge in [-0.25, -0.2) is 9.97 Å². The third kappa shape index (κ3) is 5.13. The summed E-state index contributed by atoms with van der Waals surface area (Å²) in [6.45, 7) is 3.91. The van der Waals surface area contributed by atoms with E-state index in [9.17, 15) is 4.79 Å². The fourth-order valence-corrected chi connectivity index (χ4v) is 4.02. The molecule has 1 aromatic heterocycles. The van der Waals surface area contributed by atoms with Gasteiger partial charge in [-0.1, -0.05) is 29.8 Å². The summed E-state index contributed by atoms with van der Waals surface area (Å²) in [4.78, 5) is 25.6. The van der Waals surface area contributed by atoms with Crippen molar-refractivity contribution in [2.75, 3.05) is 42.9 Å². The van der Waals surface area contributed by atoms with Crippen molar-refractivity contribution in [2.24, 2.45) is 0 Å². The molecule has 2 aromatic rings. The van der Waals surface area contributed by atoms with Crippen molar-refractivity contribution in [1.82, 2.24) is 14.9 Å². The van der Waals surface area contributed by atoms with Crippen molar-refractivity contribution in [3.05, 3.63) is 60.1 Å². The van der Waals surface area contributed by atoms with E-state index in [1.54, 1.807) is 6.07 Å². The van der Waals surface area contributed by atoms with Gasteiger partial charge in [-0.05, 0) is 44.2 Å². The lowest BCUT2D eigenvalue weighted by molar-refractivity contribution is 0.0740. The topological polar surface area (TPSA) is 61.4 Å². The molecular formula is C23H29N5O. The van der Waals surface area contributed by atoms with Crippen molar-refractivity contribution in [1.29, 1.82) is 0 Å². The highest BCUT2D eigenvalue weighted by molar-refractivity contribution is 5.93. The predicted octanol–water partition coefficient (Wildman–Crippen LogP) is 3.74. The maximum absolute atomic E-state index is 12.9. The van der Waals surface area contributed by atoms with E-state index >= 15 is 0 Å². The molecular weight excluding hydrogens is 362 g/mol. The van der Waals surface area contributed by atoms with Gasteiger partial charge in [0.25, 0.3) is 5.91 Å². The minimum atomic E-state index is -0.0156. The number of amides is 1. The first-order chi connectivity index (χ1) is 14.3. The van der Waals surface area contributed by atoms with Gasteiger partial charge in [0, 0.05) is 44.5 Å². The first-order valence-electron chi connectivity index (χ1n) is 10.6. The normalized spacial score (nSPS) is 17.0. The number of rotatable bonds is 6. The number of carbonyl (C=O) groups is 1. The quantitative estimate of drug-likeness (QED) is 0.760. The van der Waals surface area contributed by atoms with Gasteiger partial charge in [0.1, 0.15) is 17.8 Å². The molecule has 152 valence electrons. The van der Waals surface area contributed by atoms with Gasteiger partial charge in [0.2, 0.25) is 0 Å². The number of hydrogen-bond acceptors (Lipinski definition) is 5. The van der Waals surface area contributed by atoms with Gasteiger partial charge in [-0.2, -0.15) is 0 Å². The number of carbonyl (C=O) groups excluding carboxylic acids is 1. The van der Waals surface area contributed by atoms with Crippen LogP contribution in [0.3, 0.4) is 0 Å². The van der Waals surface area contributed by atoms with Crippen LogP contribution < -0.4 is 10.2 Å². The van der Waals surface area contributed by atoms with Crippen molar-refractivity contribution >= 4 is 17.4 Å². The zero-order valence-electron chi connectivity index (χ0n) is 16.9. The number of aromatic nitrogens is 2. The van der Waals surface area contributed by atoms with Crippen LogP contribution in [0.4, 0.5) is 11.5 Å². The van der Waals surface area contributed by atoms with Gasteiger partial charge >= 0.3 is 0 Å². The molecule has 4 rings (SSSR count). The van der Waals surface area contributed by atoms with Crippen LogP contribution >= 0.6 is 0 Å². The minimum Gasteiger partial charge on any atom is -0.370 e. The van der Waals surface area contributed by atoms with Crippen LogP contribution in [-0.2, 0) is 0 Å². The number of para-hydroxylation sites is 1. The van der Waals surface area contributed by atoms with Crippen LogP contribution in [0.25, 0.3) is 0 Å². The highest BCUT2D eigenvalue weighted by Crippen LogP contribution is 2.20. The zero-order chi connectivity index (χ0) is 19.9. The lowest BCUT2D eigenvalue weighted by Crippen LogP contribution is -2.49. The number of benzene rings is 1. The summed E-state index contributed by atoms with van der Waals surface area (Å²) in [5.74, 6) is 0.709. The SMILES string of the molecule is O=C(c1cc(NCCC2=CCCCC2)ncn1)N1CCN(c2ccccc2)CC1. The molecule has 29 heavy (non-hydrogen) atoms. The lowest BCUT2D eigenvalue weighted by Gasteiger charge is -2.36. The first kappa shape index (κ1) is 19.4. The Balaban J connectivity index is 1.30. The largest absolute Gasteiger partial charge is 0.370 e. The fraction of sp³-hybridized carbons (Fsp3) is 0.435. The van der Waals surface area contributed by atoms with Gasteiger partial charge in [0.15, 0.2) is 0 Å². The van der Waals surface area contributed by atoms with E-state index in [0.717, 1.165) is 31.9 Å². The van der Waals surface area contributed by atoms with E-state index in [1.165, 1.54) is 43.3 Å². The second kappa shape index (κ2) is 9.54. The number of nitrogens with one attached hydrogen (secondary N) is 1. The molecule has 0 bridgehead atoms. The Hall–Kier alpha value is -2.89. The monoisotopic (exact) mass is 391 g/mol. The summed E-state index contributed by atoms with van der Waals surface area (Å²) in [6, 6.07) is 12.1. The average molecular weight is 392 g/mol. The highest BCUT2D eigenvalue weighted by Gasteiger charge is 2.23. The number of piperazine rings is 1. The molecule has 0 radical (unpaired) electrons.